The molecule has 5 atom stereocenters. The Balaban J connectivity index is 1.38. The molecule has 3 fully saturated rings. The van der Waals surface area contributed by atoms with E-state index < -0.39 is 0 Å². The van der Waals surface area contributed by atoms with Crippen molar-refractivity contribution >= 4 is 40.4 Å². The summed E-state index contributed by atoms with van der Waals surface area (Å²) in [6, 6.07) is 5.55. The molecule has 0 aromatic heterocycles. The van der Waals surface area contributed by atoms with E-state index in [-0.39, 0.29) is 10.8 Å². The number of Topliss-reactive ketones (excluding diaryl/α,β-unsaturated/α-hetero) is 1. The third-order valence-electron chi connectivity index (χ3n) is 8.96. The number of ketones is 1. The van der Waals surface area contributed by atoms with Crippen molar-refractivity contribution < 1.29 is 4.79 Å². The van der Waals surface area contributed by atoms with Gasteiger partial charge in [-0.25, -0.2) is 0 Å². The molecule has 0 bridgehead atoms. The molecule has 3 saturated carbocycles. The van der Waals surface area contributed by atoms with Gasteiger partial charge < -0.3 is 0 Å². The Bertz CT molecular complexity index is 954. The normalized spacial score (nSPS) is 39.2. The second-order valence-corrected chi connectivity index (χ2v) is 11.0. The minimum absolute atomic E-state index is 0.0415. The molecule has 0 saturated heterocycles. The number of allylic oxidation sites excluding steroid dienone is 2. The molecule has 30 heavy (non-hydrogen) atoms. The van der Waals surface area contributed by atoms with Gasteiger partial charge in [0.1, 0.15) is 5.78 Å². The van der Waals surface area contributed by atoms with Crippen molar-refractivity contribution in [3.63, 3.8) is 0 Å². The number of benzene rings is 1. The van der Waals surface area contributed by atoms with E-state index in [4.69, 9.17) is 23.2 Å². The molecule has 0 aliphatic heterocycles. The van der Waals surface area contributed by atoms with Crippen LogP contribution in [0.5, 0.6) is 0 Å². The third kappa shape index (κ3) is 3.07. The fourth-order valence-electron chi connectivity index (χ4n) is 7.15. The SMILES string of the molecule is C[C@]12CC/C(=N\Nc3cccc(Cl)c3Cl)C=C1CC[C@@H]1[C@@H]2CC[C@]2(C)C(=O)CC[C@@H]12. The lowest BCUT2D eigenvalue weighted by Crippen LogP contribution is -2.50. The highest BCUT2D eigenvalue weighted by atomic mass is 35.5. The van der Waals surface area contributed by atoms with E-state index in [1.165, 1.54) is 12.8 Å². The number of hydrogen-bond donors (Lipinski definition) is 1. The van der Waals surface area contributed by atoms with Crippen LogP contribution in [0.3, 0.4) is 0 Å². The zero-order valence-corrected chi connectivity index (χ0v) is 19.3. The fraction of sp³-hybridized carbons (Fsp3) is 0.600. The number of hydrazone groups is 1. The summed E-state index contributed by atoms with van der Waals surface area (Å²) in [4.78, 5) is 12.6. The van der Waals surface area contributed by atoms with Gasteiger partial charge in [0.2, 0.25) is 0 Å². The number of rotatable bonds is 2. The average Bonchev–Trinajstić information content (AvgIpc) is 3.04. The average molecular weight is 445 g/mol. The zero-order valence-electron chi connectivity index (χ0n) is 17.8. The fourth-order valence-corrected chi connectivity index (χ4v) is 7.50. The van der Waals surface area contributed by atoms with Gasteiger partial charge in [-0.2, -0.15) is 5.10 Å². The van der Waals surface area contributed by atoms with Gasteiger partial charge in [-0.15, -0.1) is 0 Å². The first-order valence-corrected chi connectivity index (χ1v) is 12.1. The summed E-state index contributed by atoms with van der Waals surface area (Å²) in [5, 5.41) is 5.70. The lowest BCUT2D eigenvalue weighted by molar-refractivity contribution is -0.132. The standard InChI is InChI=1S/C25H30Cl2N2O/c1-24-12-10-16(28-29-21-5-3-4-20(26)23(21)27)14-15(24)6-7-17-18-8-9-22(30)25(18,2)13-11-19(17)24/h3-5,14,17-19,29H,6-13H2,1-2H3/b28-16+/t17-,18-,19-,24-,25-/m0/s1. The molecule has 4 aliphatic carbocycles. The molecule has 3 nitrogen and oxygen atoms in total. The Labute approximate surface area is 189 Å². The van der Waals surface area contributed by atoms with Gasteiger partial charge in [0.15, 0.2) is 0 Å². The Morgan fingerprint density at radius 1 is 1.00 bits per heavy atom. The van der Waals surface area contributed by atoms with E-state index in [1.54, 1.807) is 11.6 Å². The molecule has 1 aromatic rings. The van der Waals surface area contributed by atoms with Crippen molar-refractivity contribution in [2.45, 2.75) is 65.2 Å². The van der Waals surface area contributed by atoms with E-state index in [1.807, 2.05) is 12.1 Å². The predicted molar refractivity (Wildman–Crippen MR) is 124 cm³/mol. The van der Waals surface area contributed by atoms with Crippen LogP contribution in [0.15, 0.2) is 34.9 Å². The van der Waals surface area contributed by atoms with Crippen LogP contribution in [0, 0.1) is 28.6 Å². The van der Waals surface area contributed by atoms with Crippen LogP contribution >= 0.6 is 23.2 Å². The van der Waals surface area contributed by atoms with E-state index >= 15 is 0 Å². The summed E-state index contributed by atoms with van der Waals surface area (Å²) in [5.41, 5.74) is 6.72. The summed E-state index contributed by atoms with van der Waals surface area (Å²) in [7, 11) is 0. The maximum Gasteiger partial charge on any atom is 0.139 e. The second-order valence-electron chi connectivity index (χ2n) is 10.2. The van der Waals surface area contributed by atoms with Gasteiger partial charge in [-0.05, 0) is 86.3 Å². The summed E-state index contributed by atoms with van der Waals surface area (Å²) in [6.45, 7) is 4.74. The molecular formula is C25H30Cl2N2O. The Morgan fingerprint density at radius 3 is 2.63 bits per heavy atom. The van der Waals surface area contributed by atoms with E-state index in [0.29, 0.717) is 33.6 Å². The number of carbonyl (C=O) groups is 1. The Morgan fingerprint density at radius 2 is 1.80 bits per heavy atom. The van der Waals surface area contributed by atoms with E-state index in [9.17, 15) is 4.79 Å². The molecule has 0 amide bonds. The maximum atomic E-state index is 12.6. The highest BCUT2D eigenvalue weighted by Crippen LogP contribution is 2.64. The molecule has 4 aliphatic rings. The minimum Gasteiger partial charge on any atom is -0.299 e. The molecule has 5 heteroatoms. The smallest absolute Gasteiger partial charge is 0.139 e. The summed E-state index contributed by atoms with van der Waals surface area (Å²) in [6.07, 6.45) is 11.0. The Kier molecular flexibility index (Phi) is 5.06. The van der Waals surface area contributed by atoms with Crippen LogP contribution < -0.4 is 5.43 Å². The second kappa shape index (κ2) is 7.38. The van der Waals surface area contributed by atoms with Gasteiger partial charge in [0.05, 0.1) is 21.4 Å². The van der Waals surface area contributed by atoms with Crippen LogP contribution in [0.4, 0.5) is 5.69 Å². The number of carbonyl (C=O) groups excluding carboxylic acids is 1. The summed E-state index contributed by atoms with van der Waals surface area (Å²) < 4.78 is 0. The van der Waals surface area contributed by atoms with Crippen LogP contribution in [-0.4, -0.2) is 11.5 Å². The van der Waals surface area contributed by atoms with Crippen molar-refractivity contribution in [1.29, 1.82) is 0 Å². The molecule has 0 radical (unpaired) electrons. The maximum absolute atomic E-state index is 12.6. The van der Waals surface area contributed by atoms with E-state index in [0.717, 1.165) is 49.9 Å². The van der Waals surface area contributed by atoms with Gasteiger partial charge in [0, 0.05) is 11.8 Å². The third-order valence-corrected chi connectivity index (χ3v) is 9.78. The Hall–Kier alpha value is -1.32. The number of fused-ring (bicyclic) bond motifs is 5. The monoisotopic (exact) mass is 444 g/mol. The summed E-state index contributed by atoms with van der Waals surface area (Å²) in [5.74, 6) is 2.54. The molecular weight excluding hydrogens is 415 g/mol. The number of anilines is 1. The van der Waals surface area contributed by atoms with Crippen LogP contribution in [0.1, 0.15) is 65.2 Å². The van der Waals surface area contributed by atoms with Crippen molar-refractivity contribution in [2.24, 2.45) is 33.7 Å². The van der Waals surface area contributed by atoms with Crippen LogP contribution in [0.2, 0.25) is 10.0 Å². The lowest BCUT2D eigenvalue weighted by Gasteiger charge is -2.57. The topological polar surface area (TPSA) is 41.5 Å². The number of nitrogens with one attached hydrogen (secondary N) is 1. The number of halogens is 2. The first-order valence-electron chi connectivity index (χ1n) is 11.3. The number of nitrogens with zero attached hydrogens (tertiary/aromatic N) is 1. The van der Waals surface area contributed by atoms with Gasteiger partial charge in [-0.1, -0.05) is 48.7 Å². The van der Waals surface area contributed by atoms with Crippen molar-refractivity contribution in [2.75, 3.05) is 5.43 Å². The highest BCUT2D eigenvalue weighted by Gasteiger charge is 2.58. The molecule has 1 N–H and O–H groups in total. The largest absolute Gasteiger partial charge is 0.299 e. The van der Waals surface area contributed by atoms with Crippen LogP contribution in [0.25, 0.3) is 0 Å². The first kappa shape index (κ1) is 20.6. The minimum atomic E-state index is -0.0415. The molecule has 1 aromatic carbocycles. The van der Waals surface area contributed by atoms with E-state index in [2.05, 4.69) is 30.5 Å². The van der Waals surface area contributed by atoms with Crippen molar-refractivity contribution in [1.82, 2.24) is 0 Å². The quantitative estimate of drug-likeness (QED) is 0.486. The molecule has 5 rings (SSSR count). The molecule has 160 valence electrons. The van der Waals surface area contributed by atoms with Crippen molar-refractivity contribution in [3.8, 4) is 0 Å². The first-order chi connectivity index (χ1) is 14.3. The summed E-state index contributed by atoms with van der Waals surface area (Å²) >= 11 is 12.4. The number of hydrogen-bond acceptors (Lipinski definition) is 3. The van der Waals surface area contributed by atoms with Gasteiger partial charge in [-0.3, -0.25) is 10.2 Å². The van der Waals surface area contributed by atoms with Crippen molar-refractivity contribution in [3.05, 3.63) is 39.9 Å². The van der Waals surface area contributed by atoms with Crippen LogP contribution in [-0.2, 0) is 4.79 Å². The van der Waals surface area contributed by atoms with Gasteiger partial charge in [0.25, 0.3) is 0 Å². The van der Waals surface area contributed by atoms with Gasteiger partial charge >= 0.3 is 0 Å². The molecule has 0 heterocycles. The molecule has 0 unspecified atom stereocenters. The molecule has 0 spiro atoms. The lowest BCUT2D eigenvalue weighted by atomic mass is 9.47. The zero-order chi connectivity index (χ0) is 21.1. The highest BCUT2D eigenvalue weighted by molar-refractivity contribution is 6.43. The predicted octanol–water partition coefficient (Wildman–Crippen LogP) is 7.29.